The average molecular weight is 413 g/mol. The molecule has 0 spiro atoms. The van der Waals surface area contributed by atoms with E-state index in [1.54, 1.807) is 7.11 Å². The standard InChI is InChI=1S/C25H36N2O3/c1-4-27(23-6-5-7-25(18-23)28-3)20-21-8-10-24(11-9-21)30-17-14-26(2)19-22-12-15-29-16-13-22/h5-11,18,22H,4,12-17,19-20H2,1-3H3. The van der Waals surface area contributed by atoms with Gasteiger partial charge in [-0.3, -0.25) is 0 Å². The Morgan fingerprint density at radius 2 is 1.80 bits per heavy atom. The zero-order valence-electron chi connectivity index (χ0n) is 18.7. The zero-order valence-corrected chi connectivity index (χ0v) is 18.7. The van der Waals surface area contributed by atoms with E-state index in [9.17, 15) is 0 Å². The Hall–Kier alpha value is -2.24. The topological polar surface area (TPSA) is 34.2 Å². The van der Waals surface area contributed by atoms with Crippen LogP contribution in [0.1, 0.15) is 25.3 Å². The maximum absolute atomic E-state index is 5.97. The van der Waals surface area contributed by atoms with Gasteiger partial charge in [-0.25, -0.2) is 0 Å². The molecule has 1 saturated heterocycles. The lowest BCUT2D eigenvalue weighted by Crippen LogP contribution is -2.32. The van der Waals surface area contributed by atoms with Crippen molar-refractivity contribution < 1.29 is 14.2 Å². The molecule has 2 aromatic carbocycles. The maximum Gasteiger partial charge on any atom is 0.120 e. The highest BCUT2D eigenvalue weighted by Gasteiger charge is 2.15. The third kappa shape index (κ3) is 6.92. The Bertz CT molecular complexity index is 744. The number of ether oxygens (including phenoxy) is 3. The quantitative estimate of drug-likeness (QED) is 0.544. The van der Waals surface area contributed by atoms with Gasteiger partial charge in [-0.05, 0) is 62.6 Å². The summed E-state index contributed by atoms with van der Waals surface area (Å²) in [6.07, 6.45) is 2.36. The lowest BCUT2D eigenvalue weighted by atomic mass is 10.00. The van der Waals surface area contributed by atoms with Gasteiger partial charge in [0.15, 0.2) is 0 Å². The van der Waals surface area contributed by atoms with Crippen molar-refractivity contribution in [3.63, 3.8) is 0 Å². The fraction of sp³-hybridized carbons (Fsp3) is 0.520. The second kappa shape index (κ2) is 11.8. The van der Waals surface area contributed by atoms with E-state index < -0.39 is 0 Å². The van der Waals surface area contributed by atoms with Crippen LogP contribution in [0.3, 0.4) is 0 Å². The zero-order chi connectivity index (χ0) is 21.2. The molecule has 1 aliphatic rings. The molecule has 0 atom stereocenters. The molecule has 1 heterocycles. The summed E-state index contributed by atoms with van der Waals surface area (Å²) >= 11 is 0. The number of rotatable bonds is 11. The predicted molar refractivity (Wildman–Crippen MR) is 123 cm³/mol. The molecule has 2 aromatic rings. The highest BCUT2D eigenvalue weighted by molar-refractivity contribution is 5.51. The van der Waals surface area contributed by atoms with Gasteiger partial charge in [0.05, 0.1) is 7.11 Å². The smallest absolute Gasteiger partial charge is 0.120 e. The van der Waals surface area contributed by atoms with Crippen molar-refractivity contribution in [1.29, 1.82) is 0 Å². The van der Waals surface area contributed by atoms with Crippen LogP contribution < -0.4 is 14.4 Å². The number of methoxy groups -OCH3 is 1. The van der Waals surface area contributed by atoms with E-state index in [1.807, 2.05) is 12.1 Å². The molecule has 0 saturated carbocycles. The largest absolute Gasteiger partial charge is 0.497 e. The second-order valence-corrected chi connectivity index (χ2v) is 8.03. The number of nitrogens with zero attached hydrogens (tertiary/aromatic N) is 2. The first-order valence-electron chi connectivity index (χ1n) is 11.0. The highest BCUT2D eigenvalue weighted by Crippen LogP contribution is 2.23. The molecule has 0 aromatic heterocycles. The third-order valence-electron chi connectivity index (χ3n) is 5.75. The predicted octanol–water partition coefficient (Wildman–Crippen LogP) is 4.46. The van der Waals surface area contributed by atoms with Crippen LogP contribution in [0, 0.1) is 5.92 Å². The first-order chi connectivity index (χ1) is 14.7. The van der Waals surface area contributed by atoms with Gasteiger partial charge < -0.3 is 24.0 Å². The van der Waals surface area contributed by atoms with Gasteiger partial charge in [0.1, 0.15) is 18.1 Å². The molecule has 30 heavy (non-hydrogen) atoms. The van der Waals surface area contributed by atoms with Crippen LogP contribution >= 0.6 is 0 Å². The van der Waals surface area contributed by atoms with Gasteiger partial charge >= 0.3 is 0 Å². The van der Waals surface area contributed by atoms with Crippen molar-refractivity contribution in [3.05, 3.63) is 54.1 Å². The van der Waals surface area contributed by atoms with Crippen molar-refractivity contribution in [2.45, 2.75) is 26.3 Å². The number of benzene rings is 2. The molecule has 0 radical (unpaired) electrons. The Labute approximate surface area is 181 Å². The maximum atomic E-state index is 5.97. The normalized spacial score (nSPS) is 14.7. The molecule has 164 valence electrons. The number of hydrogen-bond donors (Lipinski definition) is 0. The van der Waals surface area contributed by atoms with Crippen molar-refractivity contribution in [2.75, 3.05) is 58.5 Å². The minimum absolute atomic E-state index is 0.712. The molecular weight excluding hydrogens is 376 g/mol. The van der Waals surface area contributed by atoms with Crippen LogP contribution in [0.15, 0.2) is 48.5 Å². The van der Waals surface area contributed by atoms with Crippen LogP contribution in [0.2, 0.25) is 0 Å². The van der Waals surface area contributed by atoms with Crippen molar-refractivity contribution >= 4 is 5.69 Å². The first-order valence-corrected chi connectivity index (χ1v) is 11.0. The summed E-state index contributed by atoms with van der Waals surface area (Å²) in [6.45, 7) is 8.57. The van der Waals surface area contributed by atoms with Crippen LogP contribution in [-0.2, 0) is 11.3 Å². The van der Waals surface area contributed by atoms with Crippen LogP contribution in [0.5, 0.6) is 11.5 Å². The highest BCUT2D eigenvalue weighted by atomic mass is 16.5. The van der Waals surface area contributed by atoms with Crippen molar-refractivity contribution in [3.8, 4) is 11.5 Å². The fourth-order valence-corrected chi connectivity index (χ4v) is 3.88. The third-order valence-corrected chi connectivity index (χ3v) is 5.75. The minimum atomic E-state index is 0.712. The summed E-state index contributed by atoms with van der Waals surface area (Å²) in [7, 11) is 3.89. The monoisotopic (exact) mass is 412 g/mol. The molecular formula is C25H36N2O3. The van der Waals surface area contributed by atoms with Crippen LogP contribution in [0.4, 0.5) is 5.69 Å². The summed E-state index contributed by atoms with van der Waals surface area (Å²) in [6, 6.07) is 16.7. The lowest BCUT2D eigenvalue weighted by molar-refractivity contribution is 0.0543. The van der Waals surface area contributed by atoms with Gasteiger partial charge in [-0.2, -0.15) is 0 Å². The van der Waals surface area contributed by atoms with Crippen molar-refractivity contribution in [1.82, 2.24) is 4.90 Å². The Morgan fingerprint density at radius 1 is 1.03 bits per heavy atom. The Kier molecular flexibility index (Phi) is 8.84. The number of hydrogen-bond acceptors (Lipinski definition) is 5. The number of anilines is 1. The molecule has 0 bridgehead atoms. The lowest BCUT2D eigenvalue weighted by Gasteiger charge is -2.27. The first kappa shape index (κ1) is 22.4. The van der Waals surface area contributed by atoms with Crippen LogP contribution in [-0.4, -0.2) is 58.5 Å². The van der Waals surface area contributed by atoms with Gasteiger partial charge in [0.2, 0.25) is 0 Å². The fourth-order valence-electron chi connectivity index (χ4n) is 3.88. The van der Waals surface area contributed by atoms with E-state index in [0.29, 0.717) is 6.61 Å². The van der Waals surface area contributed by atoms with E-state index >= 15 is 0 Å². The summed E-state index contributed by atoms with van der Waals surface area (Å²) in [4.78, 5) is 4.71. The van der Waals surface area contributed by atoms with E-state index in [4.69, 9.17) is 14.2 Å². The van der Waals surface area contributed by atoms with Crippen molar-refractivity contribution in [2.24, 2.45) is 5.92 Å². The summed E-state index contributed by atoms with van der Waals surface area (Å²) in [5.41, 5.74) is 2.44. The molecule has 0 N–H and O–H groups in total. The molecule has 1 fully saturated rings. The molecule has 0 unspecified atom stereocenters. The van der Waals surface area contributed by atoms with E-state index in [-0.39, 0.29) is 0 Å². The number of likely N-dealkylation sites (N-methyl/N-ethyl adjacent to an activating group) is 1. The average Bonchev–Trinajstić information content (AvgIpc) is 2.79. The summed E-state index contributed by atoms with van der Waals surface area (Å²) in [5, 5.41) is 0. The molecule has 1 aliphatic heterocycles. The van der Waals surface area contributed by atoms with E-state index in [1.165, 1.54) is 24.1 Å². The Morgan fingerprint density at radius 3 is 2.50 bits per heavy atom. The molecule has 0 amide bonds. The van der Waals surface area contributed by atoms with Crippen LogP contribution in [0.25, 0.3) is 0 Å². The van der Waals surface area contributed by atoms with E-state index in [0.717, 1.165) is 56.8 Å². The summed E-state index contributed by atoms with van der Waals surface area (Å²) in [5.74, 6) is 2.58. The molecule has 3 rings (SSSR count). The molecule has 5 heteroatoms. The second-order valence-electron chi connectivity index (χ2n) is 8.03. The van der Waals surface area contributed by atoms with Gasteiger partial charge in [-0.15, -0.1) is 0 Å². The molecule has 0 aliphatic carbocycles. The molecule has 5 nitrogen and oxygen atoms in total. The minimum Gasteiger partial charge on any atom is -0.497 e. The summed E-state index contributed by atoms with van der Waals surface area (Å²) < 4.78 is 16.8. The van der Waals surface area contributed by atoms with Gasteiger partial charge in [0.25, 0.3) is 0 Å². The van der Waals surface area contributed by atoms with Gasteiger partial charge in [-0.1, -0.05) is 18.2 Å². The van der Waals surface area contributed by atoms with E-state index in [2.05, 4.69) is 60.2 Å². The Balaban J connectivity index is 1.44. The van der Waals surface area contributed by atoms with Gasteiger partial charge in [0, 0.05) is 51.1 Å². The SMILES string of the molecule is CCN(Cc1ccc(OCCN(C)CC2CCOCC2)cc1)c1cccc(OC)c1.